The van der Waals surface area contributed by atoms with Crippen LogP contribution in [0, 0.1) is 0 Å². The maximum atomic E-state index is 5.56. The number of rotatable bonds is 5. The van der Waals surface area contributed by atoms with E-state index in [9.17, 15) is 0 Å². The molecule has 0 unspecified atom stereocenters. The molecule has 3 aromatic rings. The number of fused-ring (bicyclic) bond motifs is 1. The number of hydrogen-bond donors (Lipinski definition) is 1. The molecule has 1 N–H and O–H groups in total. The van der Waals surface area contributed by atoms with Crippen LogP contribution in [-0.2, 0) is 19.5 Å². The molecule has 4 heteroatoms. The largest absolute Gasteiger partial charge is 0.444 e. The number of aryl methyl sites for hydroxylation is 1. The Morgan fingerprint density at radius 1 is 1.10 bits per heavy atom. The molecule has 0 amide bonds. The highest BCUT2D eigenvalue weighted by molar-refractivity contribution is 5.81. The predicted octanol–water partition coefficient (Wildman–Crippen LogP) is 3.08. The van der Waals surface area contributed by atoms with Crippen molar-refractivity contribution in [3.63, 3.8) is 0 Å². The molecule has 0 radical (unpaired) electrons. The zero-order valence-corrected chi connectivity index (χ0v) is 11.5. The van der Waals surface area contributed by atoms with Crippen LogP contribution in [0.25, 0.3) is 10.8 Å². The topological polar surface area (TPSA) is 51.0 Å². The quantitative estimate of drug-likeness (QED) is 0.772. The average Bonchev–Trinajstić information content (AvgIpc) is 2.95. The molecule has 0 aliphatic rings. The van der Waals surface area contributed by atoms with Crippen molar-refractivity contribution in [2.75, 3.05) is 0 Å². The molecule has 0 saturated carbocycles. The SMILES string of the molecule is CCc1cnc(CNCc2ccc3cnccc3c2)o1. The van der Waals surface area contributed by atoms with E-state index in [1.54, 1.807) is 6.20 Å². The lowest BCUT2D eigenvalue weighted by Gasteiger charge is -2.04. The minimum absolute atomic E-state index is 0.647. The average molecular weight is 267 g/mol. The third-order valence-electron chi connectivity index (χ3n) is 3.26. The molecule has 0 spiro atoms. The highest BCUT2D eigenvalue weighted by Crippen LogP contribution is 2.14. The first-order valence-electron chi connectivity index (χ1n) is 6.82. The van der Waals surface area contributed by atoms with Crippen LogP contribution in [0.15, 0.2) is 47.3 Å². The van der Waals surface area contributed by atoms with E-state index in [0.29, 0.717) is 6.54 Å². The van der Waals surface area contributed by atoms with E-state index in [2.05, 4.69) is 40.4 Å². The maximum Gasteiger partial charge on any atom is 0.208 e. The Morgan fingerprint density at radius 3 is 2.90 bits per heavy atom. The van der Waals surface area contributed by atoms with Crippen LogP contribution in [-0.4, -0.2) is 9.97 Å². The van der Waals surface area contributed by atoms with E-state index in [0.717, 1.165) is 30.0 Å². The maximum absolute atomic E-state index is 5.56. The molecule has 0 saturated heterocycles. The number of hydrogen-bond acceptors (Lipinski definition) is 4. The lowest BCUT2D eigenvalue weighted by molar-refractivity contribution is 0.439. The summed E-state index contributed by atoms with van der Waals surface area (Å²) in [6.07, 6.45) is 6.37. The first kappa shape index (κ1) is 12.8. The smallest absolute Gasteiger partial charge is 0.208 e. The Balaban J connectivity index is 1.62. The van der Waals surface area contributed by atoms with Gasteiger partial charge in [0.25, 0.3) is 0 Å². The molecular formula is C16H17N3O. The lowest BCUT2D eigenvalue weighted by Crippen LogP contribution is -2.12. The third-order valence-corrected chi connectivity index (χ3v) is 3.26. The Kier molecular flexibility index (Phi) is 3.74. The fourth-order valence-corrected chi connectivity index (χ4v) is 2.15. The number of pyridine rings is 1. The molecule has 20 heavy (non-hydrogen) atoms. The van der Waals surface area contributed by atoms with E-state index in [1.807, 2.05) is 18.5 Å². The van der Waals surface area contributed by atoms with Gasteiger partial charge in [0.05, 0.1) is 12.7 Å². The molecule has 2 aromatic heterocycles. The van der Waals surface area contributed by atoms with Gasteiger partial charge in [0, 0.05) is 30.7 Å². The van der Waals surface area contributed by atoms with Crippen LogP contribution >= 0.6 is 0 Å². The highest BCUT2D eigenvalue weighted by Gasteiger charge is 2.02. The molecule has 1 aromatic carbocycles. The molecule has 102 valence electrons. The highest BCUT2D eigenvalue weighted by atomic mass is 16.4. The van der Waals surface area contributed by atoms with E-state index >= 15 is 0 Å². The fraction of sp³-hybridized carbons (Fsp3) is 0.250. The Bertz CT molecular complexity index is 706. The van der Waals surface area contributed by atoms with Crippen LogP contribution in [0.1, 0.15) is 24.1 Å². The molecule has 0 fully saturated rings. The van der Waals surface area contributed by atoms with Crippen LogP contribution in [0.3, 0.4) is 0 Å². The normalized spacial score (nSPS) is 11.1. The zero-order chi connectivity index (χ0) is 13.8. The molecule has 3 rings (SSSR count). The summed E-state index contributed by atoms with van der Waals surface area (Å²) in [7, 11) is 0. The summed E-state index contributed by atoms with van der Waals surface area (Å²) in [5.41, 5.74) is 1.24. The monoisotopic (exact) mass is 267 g/mol. The van der Waals surface area contributed by atoms with Crippen molar-refractivity contribution >= 4 is 10.8 Å². The number of nitrogens with one attached hydrogen (secondary N) is 1. The van der Waals surface area contributed by atoms with Crippen LogP contribution < -0.4 is 5.32 Å². The van der Waals surface area contributed by atoms with Crippen molar-refractivity contribution in [2.45, 2.75) is 26.4 Å². The molecule has 2 heterocycles. The van der Waals surface area contributed by atoms with Crippen molar-refractivity contribution in [2.24, 2.45) is 0 Å². The second kappa shape index (κ2) is 5.84. The van der Waals surface area contributed by atoms with Crippen molar-refractivity contribution in [1.82, 2.24) is 15.3 Å². The van der Waals surface area contributed by atoms with Gasteiger partial charge in [-0.1, -0.05) is 19.1 Å². The Hall–Kier alpha value is -2.20. The van der Waals surface area contributed by atoms with Crippen molar-refractivity contribution in [1.29, 1.82) is 0 Å². The Morgan fingerprint density at radius 2 is 2.05 bits per heavy atom. The molecule has 0 atom stereocenters. The van der Waals surface area contributed by atoms with Crippen LogP contribution in [0.5, 0.6) is 0 Å². The standard InChI is InChI=1S/C16H17N3O/c1-2-15-10-19-16(20-15)11-18-8-12-3-4-14-9-17-6-5-13(14)7-12/h3-7,9-10,18H,2,8,11H2,1H3. The summed E-state index contributed by atoms with van der Waals surface area (Å²) in [6.45, 7) is 3.50. The van der Waals surface area contributed by atoms with Gasteiger partial charge >= 0.3 is 0 Å². The number of oxazole rings is 1. The zero-order valence-electron chi connectivity index (χ0n) is 11.5. The van der Waals surface area contributed by atoms with Gasteiger partial charge in [-0.15, -0.1) is 0 Å². The van der Waals surface area contributed by atoms with E-state index in [1.165, 1.54) is 10.9 Å². The second-order valence-corrected chi connectivity index (χ2v) is 4.73. The van der Waals surface area contributed by atoms with Gasteiger partial charge in [-0.2, -0.15) is 0 Å². The summed E-state index contributed by atoms with van der Waals surface area (Å²) in [5.74, 6) is 1.67. The molecule has 0 aliphatic carbocycles. The van der Waals surface area contributed by atoms with Crippen LogP contribution in [0.4, 0.5) is 0 Å². The van der Waals surface area contributed by atoms with Gasteiger partial charge in [0.2, 0.25) is 5.89 Å². The summed E-state index contributed by atoms with van der Waals surface area (Å²) in [5, 5.41) is 5.72. The Labute approximate surface area is 117 Å². The second-order valence-electron chi connectivity index (χ2n) is 4.73. The molecule has 0 bridgehead atoms. The van der Waals surface area contributed by atoms with Crippen molar-refractivity contribution in [3.05, 3.63) is 60.1 Å². The van der Waals surface area contributed by atoms with Gasteiger partial charge in [-0.05, 0) is 23.1 Å². The number of aromatic nitrogens is 2. The van der Waals surface area contributed by atoms with Gasteiger partial charge in [0.1, 0.15) is 5.76 Å². The number of nitrogens with zero attached hydrogens (tertiary/aromatic N) is 2. The van der Waals surface area contributed by atoms with E-state index in [4.69, 9.17) is 4.42 Å². The van der Waals surface area contributed by atoms with Gasteiger partial charge in [-0.25, -0.2) is 4.98 Å². The minimum atomic E-state index is 0.647. The molecule has 4 nitrogen and oxygen atoms in total. The van der Waals surface area contributed by atoms with Gasteiger partial charge < -0.3 is 9.73 Å². The molecular weight excluding hydrogens is 250 g/mol. The summed E-state index contributed by atoms with van der Waals surface area (Å²) in [6, 6.07) is 8.42. The fourth-order valence-electron chi connectivity index (χ4n) is 2.15. The summed E-state index contributed by atoms with van der Waals surface area (Å²) < 4.78 is 5.56. The first-order chi connectivity index (χ1) is 9.85. The van der Waals surface area contributed by atoms with Gasteiger partial charge in [-0.3, -0.25) is 4.98 Å². The van der Waals surface area contributed by atoms with Crippen molar-refractivity contribution in [3.8, 4) is 0 Å². The van der Waals surface area contributed by atoms with E-state index in [-0.39, 0.29) is 0 Å². The minimum Gasteiger partial charge on any atom is -0.444 e. The lowest BCUT2D eigenvalue weighted by atomic mass is 10.1. The summed E-state index contributed by atoms with van der Waals surface area (Å²) >= 11 is 0. The van der Waals surface area contributed by atoms with Crippen molar-refractivity contribution < 1.29 is 4.42 Å². The van der Waals surface area contributed by atoms with Crippen LogP contribution in [0.2, 0.25) is 0 Å². The first-order valence-corrected chi connectivity index (χ1v) is 6.82. The third kappa shape index (κ3) is 2.86. The van der Waals surface area contributed by atoms with E-state index < -0.39 is 0 Å². The van der Waals surface area contributed by atoms with Gasteiger partial charge in [0.15, 0.2) is 0 Å². The predicted molar refractivity (Wildman–Crippen MR) is 78.2 cm³/mol. The number of benzene rings is 1. The molecule has 0 aliphatic heterocycles. The summed E-state index contributed by atoms with van der Waals surface area (Å²) in [4.78, 5) is 8.35.